The van der Waals surface area contributed by atoms with E-state index in [1.54, 1.807) is 12.4 Å². The minimum absolute atomic E-state index is 0.219. The van der Waals surface area contributed by atoms with Crippen LogP contribution in [0.1, 0.15) is 11.7 Å². The number of hydrogen-bond acceptors (Lipinski definition) is 6. The monoisotopic (exact) mass is 287 g/mol. The van der Waals surface area contributed by atoms with Gasteiger partial charge in [-0.2, -0.15) is 0 Å². The molecule has 7 nitrogen and oxygen atoms in total. The van der Waals surface area contributed by atoms with Crippen LogP contribution < -0.4 is 10.6 Å². The molecule has 21 heavy (non-hydrogen) atoms. The predicted octanol–water partition coefficient (Wildman–Crippen LogP) is 0.0321. The fourth-order valence-electron chi connectivity index (χ4n) is 2.83. The van der Waals surface area contributed by atoms with Crippen molar-refractivity contribution >= 4 is 5.95 Å². The molecule has 2 N–H and O–H groups in total. The van der Waals surface area contributed by atoms with E-state index in [1.165, 1.54) is 5.69 Å². The SMILES string of the molecule is Cn1cncc1C(CN)N1CCN(c2ncccn2)CC1. The van der Waals surface area contributed by atoms with Crippen molar-refractivity contribution in [3.8, 4) is 0 Å². The van der Waals surface area contributed by atoms with Gasteiger partial charge in [-0.1, -0.05) is 0 Å². The summed E-state index contributed by atoms with van der Waals surface area (Å²) in [5.41, 5.74) is 7.16. The summed E-state index contributed by atoms with van der Waals surface area (Å²) < 4.78 is 2.05. The molecule has 7 heteroatoms. The third kappa shape index (κ3) is 2.88. The van der Waals surface area contributed by atoms with Crippen molar-refractivity contribution in [2.75, 3.05) is 37.6 Å². The second-order valence-corrected chi connectivity index (χ2v) is 5.25. The van der Waals surface area contributed by atoms with E-state index in [1.807, 2.05) is 30.2 Å². The third-order valence-corrected chi connectivity index (χ3v) is 4.01. The van der Waals surface area contributed by atoms with Gasteiger partial charge in [-0.25, -0.2) is 15.0 Å². The average Bonchev–Trinajstić information content (AvgIpc) is 2.96. The number of imidazole rings is 1. The van der Waals surface area contributed by atoms with Crippen LogP contribution in [0.25, 0.3) is 0 Å². The molecule has 1 saturated heterocycles. The molecule has 2 aromatic rings. The summed E-state index contributed by atoms with van der Waals surface area (Å²) >= 11 is 0. The van der Waals surface area contributed by atoms with E-state index in [4.69, 9.17) is 5.73 Å². The van der Waals surface area contributed by atoms with E-state index in [-0.39, 0.29) is 6.04 Å². The van der Waals surface area contributed by atoms with Crippen LogP contribution in [0.3, 0.4) is 0 Å². The van der Waals surface area contributed by atoms with Gasteiger partial charge in [0, 0.05) is 58.4 Å². The first-order valence-corrected chi connectivity index (χ1v) is 7.22. The smallest absolute Gasteiger partial charge is 0.225 e. The van der Waals surface area contributed by atoms with E-state index < -0.39 is 0 Å². The lowest BCUT2D eigenvalue weighted by Gasteiger charge is -2.38. The van der Waals surface area contributed by atoms with Crippen LogP contribution in [-0.2, 0) is 7.05 Å². The maximum atomic E-state index is 5.99. The molecule has 0 bridgehead atoms. The molecule has 1 aliphatic rings. The van der Waals surface area contributed by atoms with Gasteiger partial charge in [0.25, 0.3) is 0 Å². The lowest BCUT2D eigenvalue weighted by Crippen LogP contribution is -2.49. The van der Waals surface area contributed by atoms with Gasteiger partial charge in [-0.15, -0.1) is 0 Å². The van der Waals surface area contributed by atoms with Crippen LogP contribution in [0.4, 0.5) is 5.95 Å². The first kappa shape index (κ1) is 14.0. The van der Waals surface area contributed by atoms with Gasteiger partial charge in [-0.3, -0.25) is 4.90 Å². The molecular formula is C14H21N7. The van der Waals surface area contributed by atoms with Crippen molar-refractivity contribution in [2.45, 2.75) is 6.04 Å². The van der Waals surface area contributed by atoms with E-state index >= 15 is 0 Å². The van der Waals surface area contributed by atoms with E-state index in [9.17, 15) is 0 Å². The van der Waals surface area contributed by atoms with Crippen molar-refractivity contribution < 1.29 is 0 Å². The molecule has 112 valence electrons. The first-order valence-electron chi connectivity index (χ1n) is 7.22. The molecule has 1 atom stereocenters. The van der Waals surface area contributed by atoms with Gasteiger partial charge < -0.3 is 15.2 Å². The first-order chi connectivity index (χ1) is 10.3. The van der Waals surface area contributed by atoms with Crippen molar-refractivity contribution in [3.63, 3.8) is 0 Å². The van der Waals surface area contributed by atoms with Crippen molar-refractivity contribution in [3.05, 3.63) is 36.7 Å². The Morgan fingerprint density at radius 1 is 1.19 bits per heavy atom. The zero-order valence-corrected chi connectivity index (χ0v) is 12.3. The number of nitrogens with two attached hydrogens (primary N) is 1. The second kappa shape index (κ2) is 6.19. The zero-order valence-electron chi connectivity index (χ0n) is 12.3. The number of hydrogen-bond donors (Lipinski definition) is 1. The number of aryl methyl sites for hydroxylation is 1. The van der Waals surface area contributed by atoms with Crippen LogP contribution in [-0.4, -0.2) is 57.1 Å². The van der Waals surface area contributed by atoms with Crippen LogP contribution in [0.15, 0.2) is 31.0 Å². The highest BCUT2D eigenvalue weighted by atomic mass is 15.3. The highest BCUT2D eigenvalue weighted by Gasteiger charge is 2.26. The Hall–Kier alpha value is -1.99. The predicted molar refractivity (Wildman–Crippen MR) is 80.8 cm³/mol. The summed E-state index contributed by atoms with van der Waals surface area (Å²) in [5.74, 6) is 0.807. The minimum Gasteiger partial charge on any atom is -0.338 e. The quantitative estimate of drug-likeness (QED) is 0.855. The molecule has 0 saturated carbocycles. The Morgan fingerprint density at radius 2 is 1.90 bits per heavy atom. The third-order valence-electron chi connectivity index (χ3n) is 4.01. The van der Waals surface area contributed by atoms with E-state index in [2.05, 4.69) is 24.8 Å². The second-order valence-electron chi connectivity index (χ2n) is 5.25. The summed E-state index contributed by atoms with van der Waals surface area (Å²) in [4.78, 5) is 17.5. The fraction of sp³-hybridized carbons (Fsp3) is 0.500. The van der Waals surface area contributed by atoms with Gasteiger partial charge in [0.15, 0.2) is 0 Å². The van der Waals surface area contributed by atoms with Crippen LogP contribution in [0.2, 0.25) is 0 Å². The van der Waals surface area contributed by atoms with Crippen LogP contribution in [0, 0.1) is 0 Å². The Balaban J connectivity index is 1.66. The number of aromatic nitrogens is 4. The Kier molecular flexibility index (Phi) is 4.12. The molecule has 1 unspecified atom stereocenters. The zero-order chi connectivity index (χ0) is 14.7. The molecule has 1 fully saturated rings. The number of piperazine rings is 1. The molecule has 0 spiro atoms. The molecule has 0 radical (unpaired) electrons. The minimum atomic E-state index is 0.219. The molecule has 0 aromatic carbocycles. The molecule has 2 aromatic heterocycles. The topological polar surface area (TPSA) is 76.1 Å². The number of rotatable bonds is 4. The van der Waals surface area contributed by atoms with Crippen molar-refractivity contribution in [1.29, 1.82) is 0 Å². The fourth-order valence-corrected chi connectivity index (χ4v) is 2.83. The Bertz CT molecular complexity index is 560. The summed E-state index contributed by atoms with van der Waals surface area (Å²) in [6, 6.07) is 2.06. The molecule has 3 heterocycles. The highest BCUT2D eigenvalue weighted by molar-refractivity contribution is 5.29. The molecule has 3 rings (SSSR count). The summed E-state index contributed by atoms with van der Waals surface area (Å²) in [6.45, 7) is 4.33. The maximum Gasteiger partial charge on any atom is 0.225 e. The summed E-state index contributed by atoms with van der Waals surface area (Å²) in [7, 11) is 2.01. The maximum absolute atomic E-state index is 5.99. The normalized spacial score (nSPS) is 17.9. The van der Waals surface area contributed by atoms with E-state index in [0.29, 0.717) is 6.54 Å². The van der Waals surface area contributed by atoms with Crippen LogP contribution >= 0.6 is 0 Å². The summed E-state index contributed by atoms with van der Waals surface area (Å²) in [5, 5.41) is 0. The Labute approximate surface area is 124 Å². The van der Waals surface area contributed by atoms with Gasteiger partial charge in [0.2, 0.25) is 5.95 Å². The van der Waals surface area contributed by atoms with Crippen molar-refractivity contribution in [1.82, 2.24) is 24.4 Å². The molecule has 0 amide bonds. The largest absolute Gasteiger partial charge is 0.338 e. The molecule has 0 aliphatic carbocycles. The van der Waals surface area contributed by atoms with Gasteiger partial charge in [0.1, 0.15) is 0 Å². The molecule has 1 aliphatic heterocycles. The van der Waals surface area contributed by atoms with Gasteiger partial charge in [-0.05, 0) is 6.07 Å². The highest BCUT2D eigenvalue weighted by Crippen LogP contribution is 2.21. The van der Waals surface area contributed by atoms with Gasteiger partial charge >= 0.3 is 0 Å². The lowest BCUT2D eigenvalue weighted by molar-refractivity contribution is 0.183. The Morgan fingerprint density at radius 3 is 2.48 bits per heavy atom. The summed E-state index contributed by atoms with van der Waals surface area (Å²) in [6.07, 6.45) is 7.30. The lowest BCUT2D eigenvalue weighted by atomic mass is 10.1. The molecular weight excluding hydrogens is 266 g/mol. The van der Waals surface area contributed by atoms with Crippen LogP contribution in [0.5, 0.6) is 0 Å². The number of anilines is 1. The number of nitrogens with zero attached hydrogens (tertiary/aromatic N) is 6. The van der Waals surface area contributed by atoms with Gasteiger partial charge in [0.05, 0.1) is 18.1 Å². The average molecular weight is 287 g/mol. The van der Waals surface area contributed by atoms with E-state index in [0.717, 1.165) is 32.1 Å². The van der Waals surface area contributed by atoms with Crippen molar-refractivity contribution in [2.24, 2.45) is 12.8 Å². The standard InChI is InChI=1S/C14H21N7/c1-19-11-16-10-13(19)12(9-15)20-5-7-21(8-6-20)14-17-3-2-4-18-14/h2-4,10-12H,5-9,15H2,1H3.